The average molecular weight is 357 g/mol. The molecular weight excluding hydrogens is 336 g/mol. The maximum absolute atomic E-state index is 13.1. The number of benzene rings is 2. The number of carbonyl (C=O) groups is 1. The zero-order chi connectivity index (χ0) is 17.2. The molecule has 2 heterocycles. The van der Waals surface area contributed by atoms with E-state index in [9.17, 15) is 4.79 Å². The van der Waals surface area contributed by atoms with Gasteiger partial charge >= 0.3 is 0 Å². The number of rotatable bonds is 2. The topological polar surface area (TPSA) is 41.6 Å². The number of halogens is 1. The molecule has 2 aliphatic heterocycles. The number of nitrogens with zero attached hydrogens (tertiary/aromatic N) is 1. The van der Waals surface area contributed by atoms with Gasteiger partial charge in [0.1, 0.15) is 6.10 Å². The summed E-state index contributed by atoms with van der Waals surface area (Å²) in [6.45, 7) is 2.71. The van der Waals surface area contributed by atoms with E-state index in [1.165, 1.54) is 0 Å². The highest BCUT2D eigenvalue weighted by Crippen LogP contribution is 2.29. The van der Waals surface area contributed by atoms with Crippen molar-refractivity contribution in [3.63, 3.8) is 0 Å². The Morgan fingerprint density at radius 1 is 1.20 bits per heavy atom. The molecule has 2 aromatic rings. The summed E-state index contributed by atoms with van der Waals surface area (Å²) in [6, 6.07) is 13.6. The Kier molecular flexibility index (Phi) is 4.64. The highest BCUT2D eigenvalue weighted by molar-refractivity contribution is 6.30. The molecule has 1 amide bonds. The normalized spacial score (nSPS) is 19.9. The van der Waals surface area contributed by atoms with Crippen LogP contribution in [0, 0.1) is 0 Å². The van der Waals surface area contributed by atoms with Gasteiger partial charge in [-0.15, -0.1) is 0 Å². The first-order chi connectivity index (χ1) is 12.2. The molecule has 1 unspecified atom stereocenters. The minimum absolute atomic E-state index is 0.0998. The molecule has 130 valence electrons. The Hall–Kier alpha value is -2.04. The molecule has 5 heteroatoms. The zero-order valence-corrected chi connectivity index (χ0v) is 14.8. The SMILES string of the molecule is O=C(c1cccc2c1CCCN2)N1CCOC(c2ccc(Cl)cc2)C1. The van der Waals surface area contributed by atoms with E-state index in [1.54, 1.807) is 0 Å². The lowest BCUT2D eigenvalue weighted by Crippen LogP contribution is -2.42. The maximum Gasteiger partial charge on any atom is 0.254 e. The summed E-state index contributed by atoms with van der Waals surface area (Å²) in [5, 5.41) is 4.10. The van der Waals surface area contributed by atoms with Crippen molar-refractivity contribution < 1.29 is 9.53 Å². The van der Waals surface area contributed by atoms with Crippen molar-refractivity contribution in [2.75, 3.05) is 31.6 Å². The Labute approximate surface area is 152 Å². The van der Waals surface area contributed by atoms with Gasteiger partial charge in [0.15, 0.2) is 0 Å². The lowest BCUT2D eigenvalue weighted by atomic mass is 9.96. The van der Waals surface area contributed by atoms with E-state index < -0.39 is 0 Å². The monoisotopic (exact) mass is 356 g/mol. The number of anilines is 1. The third-order valence-electron chi connectivity index (χ3n) is 4.92. The van der Waals surface area contributed by atoms with Crippen LogP contribution in [-0.2, 0) is 11.2 Å². The molecule has 4 nitrogen and oxygen atoms in total. The van der Waals surface area contributed by atoms with Crippen molar-refractivity contribution in [1.29, 1.82) is 0 Å². The summed E-state index contributed by atoms with van der Waals surface area (Å²) in [5.41, 5.74) is 4.12. The molecule has 1 atom stereocenters. The van der Waals surface area contributed by atoms with E-state index in [-0.39, 0.29) is 12.0 Å². The van der Waals surface area contributed by atoms with Crippen LogP contribution in [-0.4, -0.2) is 37.0 Å². The molecular formula is C20H21ClN2O2. The Bertz CT molecular complexity index is 776. The number of ether oxygens (including phenoxy) is 1. The molecule has 0 aromatic heterocycles. The van der Waals surface area contributed by atoms with Gasteiger partial charge in [-0.25, -0.2) is 0 Å². The van der Waals surface area contributed by atoms with Gasteiger partial charge in [-0.05, 0) is 48.2 Å². The summed E-state index contributed by atoms with van der Waals surface area (Å²) in [5.74, 6) is 0.0998. The van der Waals surface area contributed by atoms with E-state index in [2.05, 4.69) is 11.4 Å². The van der Waals surface area contributed by atoms with Crippen molar-refractivity contribution in [2.24, 2.45) is 0 Å². The smallest absolute Gasteiger partial charge is 0.254 e. The molecule has 0 bridgehead atoms. The molecule has 0 spiro atoms. The van der Waals surface area contributed by atoms with Crippen molar-refractivity contribution in [2.45, 2.75) is 18.9 Å². The molecule has 4 rings (SSSR count). The third kappa shape index (κ3) is 3.37. The first kappa shape index (κ1) is 16.4. The lowest BCUT2D eigenvalue weighted by molar-refractivity contribution is -0.0228. The number of nitrogens with one attached hydrogen (secondary N) is 1. The Morgan fingerprint density at radius 3 is 2.88 bits per heavy atom. The van der Waals surface area contributed by atoms with Crippen LogP contribution in [0.15, 0.2) is 42.5 Å². The van der Waals surface area contributed by atoms with Crippen LogP contribution in [0.4, 0.5) is 5.69 Å². The van der Waals surface area contributed by atoms with Gasteiger partial charge in [0.05, 0.1) is 13.2 Å². The predicted octanol–water partition coefficient (Wildman–Crippen LogP) is 3.91. The molecule has 2 aliphatic rings. The molecule has 2 aromatic carbocycles. The van der Waals surface area contributed by atoms with Crippen LogP contribution in [0.3, 0.4) is 0 Å². The number of fused-ring (bicyclic) bond motifs is 1. The largest absolute Gasteiger partial charge is 0.385 e. The van der Waals surface area contributed by atoms with Crippen LogP contribution in [0.25, 0.3) is 0 Å². The molecule has 1 N–H and O–H groups in total. The van der Waals surface area contributed by atoms with Crippen LogP contribution in [0.5, 0.6) is 0 Å². The number of morpholine rings is 1. The quantitative estimate of drug-likeness (QED) is 0.887. The standard InChI is InChI=1S/C20H21ClN2O2/c21-15-8-6-14(7-9-15)19-13-23(11-12-25-19)20(24)17-3-1-5-18-16(17)4-2-10-22-18/h1,3,5-9,19,22H,2,4,10-13H2. The second-order valence-corrected chi connectivity index (χ2v) is 6.96. The van der Waals surface area contributed by atoms with Gasteiger partial charge in [0.25, 0.3) is 5.91 Å². The molecule has 0 saturated carbocycles. The van der Waals surface area contributed by atoms with Crippen molar-refractivity contribution in [3.05, 3.63) is 64.2 Å². The van der Waals surface area contributed by atoms with Crippen molar-refractivity contribution in [3.8, 4) is 0 Å². The fourth-order valence-electron chi connectivity index (χ4n) is 3.59. The number of carbonyl (C=O) groups excluding carboxylic acids is 1. The fourth-order valence-corrected chi connectivity index (χ4v) is 3.72. The number of hydrogen-bond donors (Lipinski definition) is 1. The molecule has 1 saturated heterocycles. The second-order valence-electron chi connectivity index (χ2n) is 6.52. The van der Waals surface area contributed by atoms with E-state index in [1.807, 2.05) is 41.3 Å². The predicted molar refractivity (Wildman–Crippen MR) is 99.3 cm³/mol. The van der Waals surface area contributed by atoms with Crippen molar-refractivity contribution in [1.82, 2.24) is 4.90 Å². The van der Waals surface area contributed by atoms with Crippen LogP contribution >= 0.6 is 11.6 Å². The molecule has 1 fully saturated rings. The van der Waals surface area contributed by atoms with Crippen LogP contribution in [0.2, 0.25) is 5.02 Å². The van der Waals surface area contributed by atoms with E-state index in [4.69, 9.17) is 16.3 Å². The van der Waals surface area contributed by atoms with E-state index >= 15 is 0 Å². The molecule has 25 heavy (non-hydrogen) atoms. The van der Waals surface area contributed by atoms with Crippen molar-refractivity contribution >= 4 is 23.2 Å². The summed E-state index contributed by atoms with van der Waals surface area (Å²) in [4.78, 5) is 15.0. The minimum Gasteiger partial charge on any atom is -0.385 e. The maximum atomic E-state index is 13.1. The van der Waals surface area contributed by atoms with Gasteiger partial charge in [0, 0.05) is 29.4 Å². The van der Waals surface area contributed by atoms with E-state index in [0.717, 1.165) is 41.8 Å². The van der Waals surface area contributed by atoms with Gasteiger partial charge in [-0.1, -0.05) is 29.8 Å². The van der Waals surface area contributed by atoms with Gasteiger partial charge in [-0.2, -0.15) is 0 Å². The number of hydrogen-bond acceptors (Lipinski definition) is 3. The van der Waals surface area contributed by atoms with Crippen LogP contribution in [0.1, 0.15) is 34.0 Å². The second kappa shape index (κ2) is 7.06. The summed E-state index contributed by atoms with van der Waals surface area (Å²) in [6.07, 6.45) is 1.91. The first-order valence-corrected chi connectivity index (χ1v) is 9.12. The minimum atomic E-state index is -0.104. The van der Waals surface area contributed by atoms with E-state index in [0.29, 0.717) is 24.7 Å². The summed E-state index contributed by atoms with van der Waals surface area (Å²) < 4.78 is 5.88. The first-order valence-electron chi connectivity index (χ1n) is 8.74. The molecule has 0 radical (unpaired) electrons. The Morgan fingerprint density at radius 2 is 2.04 bits per heavy atom. The Balaban J connectivity index is 1.55. The highest BCUT2D eigenvalue weighted by Gasteiger charge is 2.28. The molecule has 0 aliphatic carbocycles. The summed E-state index contributed by atoms with van der Waals surface area (Å²) >= 11 is 5.97. The summed E-state index contributed by atoms with van der Waals surface area (Å²) in [7, 11) is 0. The third-order valence-corrected chi connectivity index (χ3v) is 5.17. The van der Waals surface area contributed by atoms with Crippen LogP contribution < -0.4 is 5.32 Å². The van der Waals surface area contributed by atoms with Gasteiger partial charge in [0.2, 0.25) is 0 Å². The van der Waals surface area contributed by atoms with Gasteiger partial charge in [-0.3, -0.25) is 4.79 Å². The fraction of sp³-hybridized carbons (Fsp3) is 0.350. The number of amides is 1. The highest BCUT2D eigenvalue weighted by atomic mass is 35.5. The lowest BCUT2D eigenvalue weighted by Gasteiger charge is -2.34. The average Bonchev–Trinajstić information content (AvgIpc) is 2.68. The van der Waals surface area contributed by atoms with Gasteiger partial charge < -0.3 is 15.0 Å². The zero-order valence-electron chi connectivity index (χ0n) is 14.0.